The SMILES string of the molecule is Cc1ccc(NC(=O)c2ccnc(C(F)(F)F)c2)cc1-c1cnc2c(c1)N1CCOC[C@H]1C[C@H]2C. The number of nitrogens with one attached hydrogen (secondary N) is 1. The summed E-state index contributed by atoms with van der Waals surface area (Å²) in [5.74, 6) is -0.308. The quantitative estimate of drug-likeness (QED) is 0.539. The van der Waals surface area contributed by atoms with Crippen molar-refractivity contribution in [1.29, 1.82) is 0 Å². The third-order valence-corrected chi connectivity index (χ3v) is 6.65. The van der Waals surface area contributed by atoms with Crippen LogP contribution in [0.25, 0.3) is 11.1 Å². The lowest BCUT2D eigenvalue weighted by atomic mass is 9.89. The number of hydrogen-bond donors (Lipinski definition) is 1. The fraction of sp³-hybridized carbons (Fsp3) is 0.346. The third-order valence-electron chi connectivity index (χ3n) is 6.65. The number of nitrogens with zero attached hydrogens (tertiary/aromatic N) is 3. The summed E-state index contributed by atoms with van der Waals surface area (Å²) in [7, 11) is 0. The Bertz CT molecular complexity index is 1280. The van der Waals surface area contributed by atoms with Crippen molar-refractivity contribution < 1.29 is 22.7 Å². The van der Waals surface area contributed by atoms with E-state index < -0.39 is 17.8 Å². The minimum atomic E-state index is -4.62. The van der Waals surface area contributed by atoms with Crippen LogP contribution in [0.5, 0.6) is 0 Å². The van der Waals surface area contributed by atoms with E-state index in [-0.39, 0.29) is 5.56 Å². The maximum Gasteiger partial charge on any atom is 0.433 e. The van der Waals surface area contributed by atoms with E-state index in [1.807, 2.05) is 25.3 Å². The van der Waals surface area contributed by atoms with Crippen LogP contribution in [-0.4, -0.2) is 41.7 Å². The summed E-state index contributed by atoms with van der Waals surface area (Å²) in [5, 5.41) is 2.71. The average molecular weight is 483 g/mol. The van der Waals surface area contributed by atoms with E-state index in [2.05, 4.69) is 28.2 Å². The Balaban J connectivity index is 1.44. The highest BCUT2D eigenvalue weighted by Crippen LogP contribution is 2.40. The van der Waals surface area contributed by atoms with E-state index >= 15 is 0 Å². The molecule has 0 aliphatic carbocycles. The molecule has 2 atom stereocenters. The van der Waals surface area contributed by atoms with Crippen LogP contribution < -0.4 is 10.2 Å². The number of benzene rings is 1. The molecule has 1 N–H and O–H groups in total. The van der Waals surface area contributed by atoms with E-state index in [4.69, 9.17) is 9.72 Å². The number of rotatable bonds is 3. The zero-order chi connectivity index (χ0) is 24.7. The predicted octanol–water partition coefficient (Wildman–Crippen LogP) is 5.44. The number of fused-ring (bicyclic) bond motifs is 3. The zero-order valence-corrected chi connectivity index (χ0v) is 19.4. The number of morpholine rings is 1. The lowest BCUT2D eigenvalue weighted by Gasteiger charge is -2.43. The van der Waals surface area contributed by atoms with Gasteiger partial charge in [-0.05, 0) is 54.8 Å². The highest BCUT2D eigenvalue weighted by Gasteiger charge is 2.34. The Hall–Kier alpha value is -3.46. The molecule has 2 aliphatic rings. The van der Waals surface area contributed by atoms with Gasteiger partial charge in [0.1, 0.15) is 5.69 Å². The monoisotopic (exact) mass is 482 g/mol. The van der Waals surface area contributed by atoms with Crippen molar-refractivity contribution in [1.82, 2.24) is 9.97 Å². The first-order valence-electron chi connectivity index (χ1n) is 11.5. The molecule has 0 spiro atoms. The minimum absolute atomic E-state index is 0.114. The standard InChI is InChI=1S/C26H25F3N4O2/c1-15-3-4-19(32-25(34)17-5-6-30-23(11-17)26(27,28)29)12-21(15)18-10-22-24(31-13-18)16(2)9-20-14-35-8-7-33(20)22/h3-6,10-13,16,20H,7-9,14H2,1-2H3,(H,32,34)/t16-,20-/m1/s1. The fourth-order valence-electron chi connectivity index (χ4n) is 4.85. The number of ether oxygens (including phenoxy) is 1. The second kappa shape index (κ2) is 8.96. The zero-order valence-electron chi connectivity index (χ0n) is 19.4. The number of alkyl halides is 3. The molecular formula is C26H25F3N4O2. The van der Waals surface area contributed by atoms with Crippen LogP contribution in [0.4, 0.5) is 24.5 Å². The molecule has 2 aliphatic heterocycles. The van der Waals surface area contributed by atoms with Crippen LogP contribution >= 0.6 is 0 Å². The summed E-state index contributed by atoms with van der Waals surface area (Å²) < 4.78 is 44.6. The first kappa shape index (κ1) is 23.3. The molecule has 1 aromatic carbocycles. The van der Waals surface area contributed by atoms with Gasteiger partial charge in [-0.15, -0.1) is 0 Å². The maximum atomic E-state index is 13.0. The lowest BCUT2D eigenvalue weighted by Crippen LogP contribution is -2.49. The van der Waals surface area contributed by atoms with Crippen molar-refractivity contribution in [2.24, 2.45) is 0 Å². The number of carbonyl (C=O) groups excluding carboxylic acids is 1. The molecule has 0 radical (unpaired) electrons. The summed E-state index contributed by atoms with van der Waals surface area (Å²) in [4.78, 5) is 23.2. The Kier molecular flexibility index (Phi) is 5.96. The summed E-state index contributed by atoms with van der Waals surface area (Å²) in [6, 6.07) is 9.91. The van der Waals surface area contributed by atoms with Gasteiger partial charge in [0.2, 0.25) is 0 Å². The Morgan fingerprint density at radius 3 is 2.80 bits per heavy atom. The topological polar surface area (TPSA) is 67.4 Å². The molecule has 182 valence electrons. The summed E-state index contributed by atoms with van der Waals surface area (Å²) in [6.45, 7) is 6.36. The van der Waals surface area contributed by atoms with E-state index in [9.17, 15) is 18.0 Å². The van der Waals surface area contributed by atoms with Gasteiger partial charge in [-0.25, -0.2) is 0 Å². The van der Waals surface area contributed by atoms with Gasteiger partial charge < -0.3 is 15.0 Å². The number of amides is 1. The number of hydrogen-bond acceptors (Lipinski definition) is 5. The van der Waals surface area contributed by atoms with Gasteiger partial charge in [0, 0.05) is 41.7 Å². The molecule has 0 saturated carbocycles. The molecule has 3 aromatic rings. The highest BCUT2D eigenvalue weighted by molar-refractivity contribution is 6.04. The van der Waals surface area contributed by atoms with Gasteiger partial charge in [-0.1, -0.05) is 13.0 Å². The van der Waals surface area contributed by atoms with Gasteiger partial charge in [0.25, 0.3) is 5.91 Å². The number of pyridine rings is 2. The molecule has 6 nitrogen and oxygen atoms in total. The Morgan fingerprint density at radius 1 is 1.17 bits per heavy atom. The summed E-state index contributed by atoms with van der Waals surface area (Å²) >= 11 is 0. The highest BCUT2D eigenvalue weighted by atomic mass is 19.4. The average Bonchev–Trinajstić information content (AvgIpc) is 2.84. The minimum Gasteiger partial charge on any atom is -0.377 e. The van der Waals surface area contributed by atoms with Crippen LogP contribution in [0, 0.1) is 6.92 Å². The molecule has 1 amide bonds. The van der Waals surface area contributed by atoms with Crippen molar-refractivity contribution in [2.45, 2.75) is 38.4 Å². The van der Waals surface area contributed by atoms with E-state index in [1.54, 1.807) is 6.07 Å². The fourth-order valence-corrected chi connectivity index (χ4v) is 4.85. The second-order valence-corrected chi connectivity index (χ2v) is 9.10. The van der Waals surface area contributed by atoms with Crippen LogP contribution in [0.15, 0.2) is 48.8 Å². The number of halogens is 3. The predicted molar refractivity (Wildman–Crippen MR) is 127 cm³/mol. The number of aryl methyl sites for hydroxylation is 1. The Labute approximate surface area is 201 Å². The molecule has 1 saturated heterocycles. The molecule has 0 unspecified atom stereocenters. The van der Waals surface area contributed by atoms with E-state index in [1.165, 1.54) is 6.07 Å². The molecule has 9 heteroatoms. The largest absolute Gasteiger partial charge is 0.433 e. The van der Waals surface area contributed by atoms with Gasteiger partial charge in [0.15, 0.2) is 0 Å². The maximum absolute atomic E-state index is 13.0. The van der Waals surface area contributed by atoms with Crippen LogP contribution in [-0.2, 0) is 10.9 Å². The molecule has 5 rings (SSSR count). The molecule has 35 heavy (non-hydrogen) atoms. The number of carbonyl (C=O) groups is 1. The Morgan fingerprint density at radius 2 is 2.00 bits per heavy atom. The first-order valence-corrected chi connectivity index (χ1v) is 11.5. The van der Waals surface area contributed by atoms with Crippen LogP contribution in [0.3, 0.4) is 0 Å². The molecule has 0 bridgehead atoms. The number of anilines is 2. The third kappa shape index (κ3) is 4.60. The van der Waals surface area contributed by atoms with E-state index in [0.717, 1.165) is 53.3 Å². The molecular weight excluding hydrogens is 457 g/mol. The smallest absolute Gasteiger partial charge is 0.377 e. The normalized spacial score (nSPS) is 19.6. The van der Waals surface area contributed by atoms with Crippen molar-refractivity contribution in [2.75, 3.05) is 30.0 Å². The van der Waals surface area contributed by atoms with Crippen molar-refractivity contribution in [3.8, 4) is 11.1 Å². The summed E-state index contributed by atoms with van der Waals surface area (Å²) in [6.07, 6.45) is -0.784. The lowest BCUT2D eigenvalue weighted by molar-refractivity contribution is -0.141. The number of aromatic nitrogens is 2. The molecule has 2 aromatic heterocycles. The van der Waals surface area contributed by atoms with Gasteiger partial charge in [0.05, 0.1) is 30.6 Å². The molecule has 4 heterocycles. The van der Waals surface area contributed by atoms with Gasteiger partial charge >= 0.3 is 6.18 Å². The van der Waals surface area contributed by atoms with Crippen molar-refractivity contribution >= 4 is 17.3 Å². The van der Waals surface area contributed by atoms with Crippen LogP contribution in [0.2, 0.25) is 0 Å². The molecule has 1 fully saturated rings. The first-order chi connectivity index (χ1) is 16.7. The summed E-state index contributed by atoms with van der Waals surface area (Å²) in [5.41, 5.74) is 4.26. The van der Waals surface area contributed by atoms with E-state index in [0.29, 0.717) is 30.9 Å². The van der Waals surface area contributed by atoms with Gasteiger partial charge in [-0.3, -0.25) is 14.8 Å². The van der Waals surface area contributed by atoms with Crippen molar-refractivity contribution in [3.63, 3.8) is 0 Å². The van der Waals surface area contributed by atoms with Crippen LogP contribution in [0.1, 0.15) is 46.6 Å². The van der Waals surface area contributed by atoms with Gasteiger partial charge in [-0.2, -0.15) is 13.2 Å². The second-order valence-electron chi connectivity index (χ2n) is 9.10. The van der Waals surface area contributed by atoms with Crippen molar-refractivity contribution in [3.05, 3.63) is 71.3 Å².